The molecule has 2 aliphatic carbocycles. The van der Waals surface area contributed by atoms with E-state index in [1.807, 2.05) is 0 Å². The molecule has 16 heavy (non-hydrogen) atoms. The van der Waals surface area contributed by atoms with Gasteiger partial charge in [-0.3, -0.25) is 0 Å². The predicted octanol–water partition coefficient (Wildman–Crippen LogP) is -0.255. The highest BCUT2D eigenvalue weighted by atomic mass is 16.3. The second kappa shape index (κ2) is 5.00. The molecule has 0 amide bonds. The van der Waals surface area contributed by atoms with Crippen molar-refractivity contribution in [3.8, 4) is 0 Å². The molecule has 2 saturated carbocycles. The van der Waals surface area contributed by atoms with Crippen LogP contribution in [0.3, 0.4) is 0 Å². The number of hydrogen-bond donors (Lipinski definition) is 4. The van der Waals surface area contributed by atoms with Crippen LogP contribution in [0.15, 0.2) is 0 Å². The molecular formula is C12H22O4. The molecule has 0 aromatic heterocycles. The Kier molecular flexibility index (Phi) is 3.85. The number of rotatable bonds is 2. The van der Waals surface area contributed by atoms with Crippen LogP contribution in [0.1, 0.15) is 25.7 Å². The Labute approximate surface area is 95.9 Å². The lowest BCUT2D eigenvalue weighted by Gasteiger charge is -2.45. The van der Waals surface area contributed by atoms with Crippen LogP contribution in [0, 0.1) is 23.7 Å². The second-order valence-corrected chi connectivity index (χ2v) is 5.48. The van der Waals surface area contributed by atoms with Gasteiger partial charge in [-0.1, -0.05) is 0 Å². The zero-order valence-corrected chi connectivity index (χ0v) is 9.50. The van der Waals surface area contributed by atoms with E-state index in [0.717, 1.165) is 12.8 Å². The monoisotopic (exact) mass is 230 g/mol. The summed E-state index contributed by atoms with van der Waals surface area (Å²) in [5, 5.41) is 37.8. The fourth-order valence-corrected chi connectivity index (χ4v) is 3.51. The van der Waals surface area contributed by atoms with Crippen LogP contribution in [-0.4, -0.2) is 45.8 Å². The summed E-state index contributed by atoms with van der Waals surface area (Å²) in [5.74, 6) is 1.12. The first-order chi connectivity index (χ1) is 7.65. The van der Waals surface area contributed by atoms with Gasteiger partial charge in [0.2, 0.25) is 0 Å². The summed E-state index contributed by atoms with van der Waals surface area (Å²) in [5.41, 5.74) is 0. The fraction of sp³-hybridized carbons (Fsp3) is 1.00. The van der Waals surface area contributed by atoms with E-state index in [9.17, 15) is 20.4 Å². The smallest absolute Gasteiger partial charge is 0.0802 e. The Morgan fingerprint density at radius 2 is 1.06 bits per heavy atom. The zero-order valence-electron chi connectivity index (χ0n) is 9.50. The van der Waals surface area contributed by atoms with Gasteiger partial charge in [-0.25, -0.2) is 0 Å². The molecule has 0 unspecified atom stereocenters. The van der Waals surface area contributed by atoms with Gasteiger partial charge in [0.1, 0.15) is 0 Å². The maximum Gasteiger partial charge on any atom is 0.0802 e. The first kappa shape index (κ1) is 12.3. The summed E-state index contributed by atoms with van der Waals surface area (Å²) >= 11 is 0. The van der Waals surface area contributed by atoms with Crippen molar-refractivity contribution in [2.45, 2.75) is 37.9 Å². The maximum absolute atomic E-state index is 9.64. The minimum atomic E-state index is -0.605. The molecule has 2 rings (SSSR count). The molecule has 0 spiro atoms. The van der Waals surface area contributed by atoms with Crippen molar-refractivity contribution in [3.05, 3.63) is 0 Å². The van der Waals surface area contributed by atoms with Gasteiger partial charge >= 0.3 is 0 Å². The first-order valence-corrected chi connectivity index (χ1v) is 6.23. The molecule has 0 bridgehead atoms. The molecule has 2 fully saturated rings. The standard InChI is InChI=1S/C12H22O4/c13-5-9-1-7-3-11(15)12(16)4-8(7)2-10(9)6-14/h7-16H,1-6H2/t7-,8+,9-,10-,11-,12-/m0/s1. The maximum atomic E-state index is 9.64. The van der Waals surface area contributed by atoms with E-state index in [4.69, 9.17) is 0 Å². The minimum absolute atomic E-state index is 0.118. The van der Waals surface area contributed by atoms with E-state index in [0.29, 0.717) is 24.7 Å². The highest BCUT2D eigenvalue weighted by Crippen LogP contribution is 2.45. The van der Waals surface area contributed by atoms with Crippen molar-refractivity contribution < 1.29 is 20.4 Å². The minimum Gasteiger partial charge on any atom is -0.396 e. The van der Waals surface area contributed by atoms with Gasteiger partial charge in [0, 0.05) is 13.2 Å². The number of hydrogen-bond acceptors (Lipinski definition) is 4. The molecule has 0 radical (unpaired) electrons. The predicted molar refractivity (Wildman–Crippen MR) is 58.6 cm³/mol. The third kappa shape index (κ3) is 2.25. The SMILES string of the molecule is OC[C@@H]1C[C@@H]2C[C@H](O)[C@@H](O)C[C@@H]2C[C@H]1CO. The van der Waals surface area contributed by atoms with Crippen LogP contribution in [0.4, 0.5) is 0 Å². The first-order valence-electron chi connectivity index (χ1n) is 6.23. The van der Waals surface area contributed by atoms with Gasteiger partial charge in [-0.15, -0.1) is 0 Å². The summed E-state index contributed by atoms with van der Waals surface area (Å²) in [6.45, 7) is 0.236. The van der Waals surface area contributed by atoms with Gasteiger partial charge in [-0.05, 0) is 49.4 Å². The van der Waals surface area contributed by atoms with Crippen molar-refractivity contribution in [2.24, 2.45) is 23.7 Å². The number of fused-ring (bicyclic) bond motifs is 1. The summed E-state index contributed by atoms with van der Waals surface area (Å²) in [7, 11) is 0. The summed E-state index contributed by atoms with van der Waals surface area (Å²) < 4.78 is 0. The molecule has 4 heteroatoms. The van der Waals surface area contributed by atoms with Crippen molar-refractivity contribution >= 4 is 0 Å². The third-order valence-corrected chi connectivity index (χ3v) is 4.55. The highest BCUT2D eigenvalue weighted by Gasteiger charge is 2.42. The van der Waals surface area contributed by atoms with E-state index in [2.05, 4.69) is 0 Å². The van der Waals surface area contributed by atoms with Gasteiger partial charge in [0.15, 0.2) is 0 Å². The van der Waals surface area contributed by atoms with Gasteiger partial charge in [0.25, 0.3) is 0 Å². The molecule has 0 aromatic rings. The summed E-state index contributed by atoms with van der Waals surface area (Å²) in [4.78, 5) is 0. The summed E-state index contributed by atoms with van der Waals surface area (Å²) in [6, 6.07) is 0. The lowest BCUT2D eigenvalue weighted by Crippen LogP contribution is -2.45. The zero-order chi connectivity index (χ0) is 11.7. The van der Waals surface area contributed by atoms with E-state index in [1.54, 1.807) is 0 Å². The Morgan fingerprint density at radius 1 is 0.688 bits per heavy atom. The van der Waals surface area contributed by atoms with Crippen LogP contribution < -0.4 is 0 Å². The lowest BCUT2D eigenvalue weighted by molar-refractivity contribution is -0.0801. The van der Waals surface area contributed by atoms with Gasteiger partial charge < -0.3 is 20.4 Å². The number of aliphatic hydroxyl groups excluding tert-OH is 4. The highest BCUT2D eigenvalue weighted by molar-refractivity contribution is 4.92. The van der Waals surface area contributed by atoms with Crippen LogP contribution in [0.2, 0.25) is 0 Å². The molecule has 0 aromatic carbocycles. The lowest BCUT2D eigenvalue weighted by atomic mass is 9.62. The molecular weight excluding hydrogens is 208 g/mol. The van der Waals surface area contributed by atoms with E-state index < -0.39 is 12.2 Å². The largest absolute Gasteiger partial charge is 0.396 e. The Bertz CT molecular complexity index is 209. The summed E-state index contributed by atoms with van der Waals surface area (Å²) in [6.07, 6.45) is 1.81. The van der Waals surface area contributed by atoms with Gasteiger partial charge in [-0.2, -0.15) is 0 Å². The molecule has 0 heterocycles. The van der Waals surface area contributed by atoms with Crippen molar-refractivity contribution in [1.29, 1.82) is 0 Å². The Balaban J connectivity index is 2.02. The topological polar surface area (TPSA) is 80.9 Å². The Morgan fingerprint density at radius 3 is 1.38 bits per heavy atom. The average Bonchev–Trinajstić information content (AvgIpc) is 2.29. The molecule has 4 N–H and O–H groups in total. The van der Waals surface area contributed by atoms with Crippen LogP contribution >= 0.6 is 0 Å². The third-order valence-electron chi connectivity index (χ3n) is 4.55. The molecule has 0 aliphatic heterocycles. The normalized spacial score (nSPS) is 48.8. The van der Waals surface area contributed by atoms with Crippen molar-refractivity contribution in [1.82, 2.24) is 0 Å². The average molecular weight is 230 g/mol. The second-order valence-electron chi connectivity index (χ2n) is 5.48. The van der Waals surface area contributed by atoms with E-state index in [1.165, 1.54) is 0 Å². The number of aliphatic hydroxyl groups is 4. The van der Waals surface area contributed by atoms with Gasteiger partial charge in [0.05, 0.1) is 12.2 Å². The molecule has 6 atom stereocenters. The van der Waals surface area contributed by atoms with Crippen molar-refractivity contribution in [3.63, 3.8) is 0 Å². The molecule has 94 valence electrons. The van der Waals surface area contributed by atoms with E-state index in [-0.39, 0.29) is 25.0 Å². The fourth-order valence-electron chi connectivity index (χ4n) is 3.51. The van der Waals surface area contributed by atoms with E-state index >= 15 is 0 Å². The van der Waals surface area contributed by atoms with Crippen LogP contribution in [0.25, 0.3) is 0 Å². The molecule has 2 aliphatic rings. The quantitative estimate of drug-likeness (QED) is 0.527. The van der Waals surface area contributed by atoms with Crippen molar-refractivity contribution in [2.75, 3.05) is 13.2 Å². The van der Waals surface area contributed by atoms with Crippen LogP contribution in [0.5, 0.6) is 0 Å². The molecule has 4 nitrogen and oxygen atoms in total. The Hall–Kier alpha value is -0.160. The van der Waals surface area contributed by atoms with Crippen LogP contribution in [-0.2, 0) is 0 Å². The molecule has 0 saturated heterocycles.